The average molecular weight is 422 g/mol. The van der Waals surface area contributed by atoms with E-state index in [1.165, 1.54) is 0 Å². The fourth-order valence-corrected chi connectivity index (χ4v) is 4.07. The highest BCUT2D eigenvalue weighted by Crippen LogP contribution is 2.34. The largest absolute Gasteiger partial charge is 0.497 e. The molecular weight excluding hydrogens is 394 g/mol. The molecule has 31 heavy (non-hydrogen) atoms. The quantitative estimate of drug-likeness (QED) is 0.618. The van der Waals surface area contributed by atoms with Crippen LogP contribution in [0.5, 0.6) is 5.75 Å². The zero-order valence-electron chi connectivity index (χ0n) is 17.9. The molecule has 3 aromatic rings. The molecule has 162 valence electrons. The summed E-state index contributed by atoms with van der Waals surface area (Å²) in [7, 11) is 3.42. The first-order valence-electron chi connectivity index (χ1n) is 10.5. The molecule has 0 aliphatic heterocycles. The van der Waals surface area contributed by atoms with Crippen LogP contribution in [0.25, 0.3) is 11.4 Å². The second kappa shape index (κ2) is 9.16. The molecule has 0 bridgehead atoms. The molecule has 0 atom stereocenters. The summed E-state index contributed by atoms with van der Waals surface area (Å²) in [6.07, 6.45) is 8.10. The number of nitrogens with zero attached hydrogens (tertiary/aromatic N) is 4. The number of methoxy groups -OCH3 is 1. The Balaban J connectivity index is 1.49. The number of carbonyl (C=O) groups excluding carboxylic acids is 1. The summed E-state index contributed by atoms with van der Waals surface area (Å²) in [6, 6.07) is 11.4. The molecule has 8 nitrogen and oxygen atoms in total. The Morgan fingerprint density at radius 1 is 1.19 bits per heavy atom. The minimum atomic E-state index is -0.645. The number of hydrogen-bond acceptors (Lipinski definition) is 7. The summed E-state index contributed by atoms with van der Waals surface area (Å²) >= 11 is 0. The number of hydrogen-bond donors (Lipinski definition) is 1. The molecule has 1 N–H and O–H groups in total. The van der Waals surface area contributed by atoms with Crippen LogP contribution in [0.3, 0.4) is 0 Å². The van der Waals surface area contributed by atoms with E-state index in [4.69, 9.17) is 9.26 Å². The topological polar surface area (TPSA) is 93.4 Å². The Bertz CT molecular complexity index is 998. The van der Waals surface area contributed by atoms with Crippen molar-refractivity contribution < 1.29 is 14.1 Å². The fourth-order valence-electron chi connectivity index (χ4n) is 4.07. The normalized spacial score (nSPS) is 15.3. The summed E-state index contributed by atoms with van der Waals surface area (Å²) in [5.41, 5.74) is 1.03. The lowest BCUT2D eigenvalue weighted by atomic mass is 9.80. The Morgan fingerprint density at radius 2 is 1.97 bits per heavy atom. The highest BCUT2D eigenvalue weighted by atomic mass is 16.5. The molecule has 1 fully saturated rings. The van der Waals surface area contributed by atoms with Crippen molar-refractivity contribution >= 4 is 11.6 Å². The minimum Gasteiger partial charge on any atom is -0.497 e. The van der Waals surface area contributed by atoms with Crippen LogP contribution in [0.2, 0.25) is 0 Å². The number of rotatable bonds is 7. The third-order valence-corrected chi connectivity index (χ3v) is 5.70. The van der Waals surface area contributed by atoms with Gasteiger partial charge in [0.1, 0.15) is 11.3 Å². The number of aromatic nitrogens is 3. The van der Waals surface area contributed by atoms with Crippen molar-refractivity contribution in [2.24, 2.45) is 0 Å². The first-order chi connectivity index (χ1) is 15.1. The van der Waals surface area contributed by atoms with E-state index in [9.17, 15) is 4.79 Å². The molecular formula is C23H27N5O3. The zero-order chi connectivity index (χ0) is 21.7. The number of pyridine rings is 1. The molecule has 0 radical (unpaired) electrons. The lowest BCUT2D eigenvalue weighted by Gasteiger charge is -2.39. The standard InChI is InChI=1S/C23H27N5O3/c1-28(16-20-25-21(27-31-20)17-7-6-14-24-15-17)22(29)23(12-4-3-5-13-23)26-18-8-10-19(30-2)11-9-18/h6-11,14-15,26H,3-5,12-13,16H2,1-2H3. The summed E-state index contributed by atoms with van der Waals surface area (Å²) in [5, 5.41) is 7.54. The second-order valence-corrected chi connectivity index (χ2v) is 7.91. The zero-order valence-corrected chi connectivity index (χ0v) is 17.9. The third kappa shape index (κ3) is 4.68. The molecule has 0 spiro atoms. The minimum absolute atomic E-state index is 0.0316. The van der Waals surface area contributed by atoms with Crippen LogP contribution in [-0.4, -0.2) is 45.6 Å². The first-order valence-corrected chi connectivity index (χ1v) is 10.5. The van der Waals surface area contributed by atoms with Gasteiger partial charge in [0.2, 0.25) is 17.6 Å². The fraction of sp³-hybridized carbons (Fsp3) is 0.391. The predicted molar refractivity (Wildman–Crippen MR) is 116 cm³/mol. The van der Waals surface area contributed by atoms with Crippen LogP contribution in [-0.2, 0) is 11.3 Å². The van der Waals surface area contributed by atoms with Gasteiger partial charge in [0.25, 0.3) is 0 Å². The van der Waals surface area contributed by atoms with Gasteiger partial charge in [-0.2, -0.15) is 4.98 Å². The molecule has 1 aliphatic carbocycles. The van der Waals surface area contributed by atoms with E-state index in [2.05, 4.69) is 20.4 Å². The first kappa shape index (κ1) is 20.8. The van der Waals surface area contributed by atoms with E-state index < -0.39 is 5.54 Å². The van der Waals surface area contributed by atoms with E-state index in [0.717, 1.165) is 49.1 Å². The number of anilines is 1. The highest BCUT2D eigenvalue weighted by molar-refractivity contribution is 5.89. The van der Waals surface area contributed by atoms with Crippen molar-refractivity contribution in [2.45, 2.75) is 44.2 Å². The van der Waals surface area contributed by atoms with Gasteiger partial charge in [-0.15, -0.1) is 0 Å². The molecule has 8 heteroatoms. The Labute approximate surface area is 181 Å². The van der Waals surface area contributed by atoms with Crippen molar-refractivity contribution in [3.05, 3.63) is 54.7 Å². The summed E-state index contributed by atoms with van der Waals surface area (Å²) in [6.45, 7) is 0.248. The maximum Gasteiger partial charge on any atom is 0.248 e. The van der Waals surface area contributed by atoms with Crippen molar-refractivity contribution in [1.82, 2.24) is 20.0 Å². The number of likely N-dealkylation sites (N-methyl/N-ethyl adjacent to an activating group) is 1. The maximum atomic E-state index is 13.6. The molecule has 2 heterocycles. The Morgan fingerprint density at radius 3 is 2.65 bits per heavy atom. The molecule has 1 aliphatic rings. The Kier molecular flexibility index (Phi) is 6.16. The van der Waals surface area contributed by atoms with Crippen LogP contribution in [0, 0.1) is 0 Å². The van der Waals surface area contributed by atoms with Crippen LogP contribution in [0.4, 0.5) is 5.69 Å². The van der Waals surface area contributed by atoms with Gasteiger partial charge in [-0.1, -0.05) is 24.4 Å². The molecule has 0 unspecified atom stereocenters. The molecule has 2 aromatic heterocycles. The average Bonchev–Trinajstić information content (AvgIpc) is 3.28. The maximum absolute atomic E-state index is 13.6. The summed E-state index contributed by atoms with van der Waals surface area (Å²) in [5.74, 6) is 1.68. The Hall–Kier alpha value is -3.42. The number of carbonyl (C=O) groups is 1. The smallest absolute Gasteiger partial charge is 0.248 e. The van der Waals surface area contributed by atoms with Gasteiger partial charge in [0, 0.05) is 30.7 Å². The van der Waals surface area contributed by atoms with Gasteiger partial charge in [-0.3, -0.25) is 9.78 Å². The molecule has 1 aromatic carbocycles. The van der Waals surface area contributed by atoms with Crippen LogP contribution < -0.4 is 10.1 Å². The number of nitrogens with one attached hydrogen (secondary N) is 1. The predicted octanol–water partition coefficient (Wildman–Crippen LogP) is 3.91. The van der Waals surface area contributed by atoms with Crippen LogP contribution in [0.1, 0.15) is 38.0 Å². The van der Waals surface area contributed by atoms with Gasteiger partial charge >= 0.3 is 0 Å². The van der Waals surface area contributed by atoms with Crippen LogP contribution in [0.15, 0.2) is 53.3 Å². The molecule has 1 amide bonds. The summed E-state index contributed by atoms with van der Waals surface area (Å²) in [4.78, 5) is 23.7. The van der Waals surface area contributed by atoms with E-state index in [-0.39, 0.29) is 12.5 Å². The number of benzene rings is 1. The van der Waals surface area contributed by atoms with E-state index in [0.29, 0.717) is 11.7 Å². The molecule has 0 saturated heterocycles. The lowest BCUT2D eigenvalue weighted by Crippen LogP contribution is -2.54. The second-order valence-electron chi connectivity index (χ2n) is 7.91. The SMILES string of the molecule is COc1ccc(NC2(C(=O)N(C)Cc3nc(-c4cccnc4)no3)CCCCC2)cc1. The summed E-state index contributed by atoms with van der Waals surface area (Å²) < 4.78 is 10.6. The third-order valence-electron chi connectivity index (χ3n) is 5.70. The van der Waals surface area contributed by atoms with Crippen molar-refractivity contribution in [3.8, 4) is 17.1 Å². The monoisotopic (exact) mass is 421 g/mol. The highest BCUT2D eigenvalue weighted by Gasteiger charge is 2.41. The lowest BCUT2D eigenvalue weighted by molar-refractivity contribution is -0.136. The van der Waals surface area contributed by atoms with Gasteiger partial charge in [-0.25, -0.2) is 0 Å². The van der Waals surface area contributed by atoms with E-state index in [1.54, 1.807) is 31.5 Å². The molecule has 4 rings (SSSR count). The number of amides is 1. The number of ether oxygens (including phenoxy) is 1. The van der Waals surface area contributed by atoms with Crippen molar-refractivity contribution in [1.29, 1.82) is 0 Å². The van der Waals surface area contributed by atoms with Gasteiger partial charge in [-0.05, 0) is 49.2 Å². The van der Waals surface area contributed by atoms with E-state index in [1.807, 2.05) is 36.4 Å². The van der Waals surface area contributed by atoms with Crippen LogP contribution >= 0.6 is 0 Å². The van der Waals surface area contributed by atoms with E-state index >= 15 is 0 Å². The van der Waals surface area contributed by atoms with Gasteiger partial charge < -0.3 is 19.5 Å². The van der Waals surface area contributed by atoms with Crippen molar-refractivity contribution in [2.75, 3.05) is 19.5 Å². The van der Waals surface area contributed by atoms with Crippen molar-refractivity contribution in [3.63, 3.8) is 0 Å². The van der Waals surface area contributed by atoms with Gasteiger partial charge in [0.05, 0.1) is 13.7 Å². The molecule has 1 saturated carbocycles. The van der Waals surface area contributed by atoms with Gasteiger partial charge in [0.15, 0.2) is 0 Å².